The molecule has 2 aromatic carbocycles. The Morgan fingerprint density at radius 3 is 2.58 bits per heavy atom. The molecule has 5 heteroatoms. The fourth-order valence-electron chi connectivity index (χ4n) is 1.73. The largest absolute Gasteiger partial charge is 0.495 e. The molecular formula is C14H10BrClFIO. The quantitative estimate of drug-likeness (QED) is 0.434. The zero-order valence-corrected chi connectivity index (χ0v) is 14.5. The van der Waals surface area contributed by atoms with Gasteiger partial charge in [0.1, 0.15) is 11.6 Å². The van der Waals surface area contributed by atoms with Gasteiger partial charge in [-0.15, -0.1) is 0 Å². The van der Waals surface area contributed by atoms with Crippen molar-refractivity contribution in [3.63, 3.8) is 0 Å². The van der Waals surface area contributed by atoms with Crippen LogP contribution in [0.15, 0.2) is 36.4 Å². The molecule has 0 aromatic heterocycles. The van der Waals surface area contributed by atoms with Gasteiger partial charge in [0.05, 0.1) is 17.0 Å². The van der Waals surface area contributed by atoms with Crippen LogP contribution in [0.5, 0.6) is 5.75 Å². The number of ether oxygens (including phenoxy) is 1. The van der Waals surface area contributed by atoms with Gasteiger partial charge in [0.15, 0.2) is 0 Å². The van der Waals surface area contributed by atoms with Crippen molar-refractivity contribution in [3.8, 4) is 5.75 Å². The first kappa shape index (κ1) is 15.1. The second-order valence-corrected chi connectivity index (χ2v) is 6.41. The lowest BCUT2D eigenvalue weighted by Crippen LogP contribution is -1.97. The fourth-order valence-corrected chi connectivity index (χ4v) is 3.89. The first-order valence-corrected chi connectivity index (χ1v) is 7.82. The number of methoxy groups -OCH3 is 1. The number of alkyl halides is 1. The number of benzene rings is 2. The first-order chi connectivity index (χ1) is 9.02. The molecular weight excluding hydrogens is 445 g/mol. The van der Waals surface area contributed by atoms with E-state index in [1.807, 2.05) is 18.2 Å². The van der Waals surface area contributed by atoms with E-state index < -0.39 is 0 Å². The van der Waals surface area contributed by atoms with Gasteiger partial charge in [-0.3, -0.25) is 0 Å². The summed E-state index contributed by atoms with van der Waals surface area (Å²) in [5.41, 5.74) is 2.00. The molecule has 0 radical (unpaired) electrons. The summed E-state index contributed by atoms with van der Waals surface area (Å²) in [7, 11) is 1.58. The van der Waals surface area contributed by atoms with Crippen molar-refractivity contribution in [1.29, 1.82) is 0 Å². The monoisotopic (exact) mass is 454 g/mol. The molecule has 0 bridgehead atoms. The Morgan fingerprint density at radius 2 is 2.00 bits per heavy atom. The summed E-state index contributed by atoms with van der Waals surface area (Å²) in [6.45, 7) is 0. The van der Waals surface area contributed by atoms with Crippen molar-refractivity contribution in [3.05, 3.63) is 61.9 Å². The maximum absolute atomic E-state index is 13.1. The Hall–Kier alpha value is -0.330. The average Bonchev–Trinajstić information content (AvgIpc) is 2.38. The highest BCUT2D eigenvalue weighted by Crippen LogP contribution is 2.37. The van der Waals surface area contributed by atoms with Crippen LogP contribution in [0.2, 0.25) is 5.02 Å². The molecule has 0 amide bonds. The van der Waals surface area contributed by atoms with E-state index in [2.05, 4.69) is 38.5 Å². The SMILES string of the molecule is COc1ccc(C(Br)c2ccc(F)cc2I)cc1Cl. The van der Waals surface area contributed by atoms with Crippen LogP contribution < -0.4 is 4.74 Å². The number of rotatable bonds is 3. The zero-order chi connectivity index (χ0) is 14.0. The summed E-state index contributed by atoms with van der Waals surface area (Å²) in [5.74, 6) is 0.402. The van der Waals surface area contributed by atoms with Gasteiger partial charge < -0.3 is 4.74 Å². The second-order valence-electron chi connectivity index (χ2n) is 3.92. The van der Waals surface area contributed by atoms with Crippen LogP contribution in [-0.2, 0) is 0 Å². The molecule has 2 aromatic rings. The van der Waals surface area contributed by atoms with Crippen molar-refractivity contribution in [2.24, 2.45) is 0 Å². The van der Waals surface area contributed by atoms with Crippen molar-refractivity contribution in [2.75, 3.05) is 7.11 Å². The summed E-state index contributed by atoms with van der Waals surface area (Å²) < 4.78 is 19.1. The van der Waals surface area contributed by atoms with E-state index in [1.165, 1.54) is 12.1 Å². The summed E-state index contributed by atoms with van der Waals surface area (Å²) >= 11 is 11.9. The maximum atomic E-state index is 13.1. The van der Waals surface area contributed by atoms with E-state index in [0.29, 0.717) is 10.8 Å². The number of hydrogen-bond donors (Lipinski definition) is 0. The predicted octanol–water partition coefficient (Wildman–Crippen LogP) is 5.58. The van der Waals surface area contributed by atoms with Crippen LogP contribution in [-0.4, -0.2) is 7.11 Å². The van der Waals surface area contributed by atoms with Crippen LogP contribution >= 0.6 is 50.1 Å². The summed E-state index contributed by atoms with van der Waals surface area (Å²) in [5, 5.41) is 0.557. The molecule has 0 fully saturated rings. The van der Waals surface area contributed by atoms with Gasteiger partial charge in [0.2, 0.25) is 0 Å². The Labute approximate surface area is 138 Å². The molecule has 0 saturated heterocycles. The van der Waals surface area contributed by atoms with Gasteiger partial charge in [0, 0.05) is 3.57 Å². The van der Waals surface area contributed by atoms with Gasteiger partial charge in [-0.2, -0.15) is 0 Å². The normalized spacial score (nSPS) is 12.3. The topological polar surface area (TPSA) is 9.23 Å². The smallest absolute Gasteiger partial charge is 0.137 e. The highest BCUT2D eigenvalue weighted by atomic mass is 127. The average molecular weight is 455 g/mol. The Morgan fingerprint density at radius 1 is 1.26 bits per heavy atom. The molecule has 0 spiro atoms. The van der Waals surface area contributed by atoms with Crippen molar-refractivity contribution >= 4 is 50.1 Å². The Balaban J connectivity index is 2.38. The van der Waals surface area contributed by atoms with Crippen molar-refractivity contribution < 1.29 is 9.13 Å². The Kier molecular flexibility index (Phi) is 5.09. The van der Waals surface area contributed by atoms with Gasteiger partial charge in [-0.25, -0.2) is 4.39 Å². The first-order valence-electron chi connectivity index (χ1n) is 5.45. The summed E-state index contributed by atoms with van der Waals surface area (Å²) in [6, 6.07) is 10.3. The summed E-state index contributed by atoms with van der Waals surface area (Å²) in [4.78, 5) is -0.0385. The lowest BCUT2D eigenvalue weighted by atomic mass is 10.0. The Bertz CT molecular complexity index is 606. The fraction of sp³-hybridized carbons (Fsp3) is 0.143. The van der Waals surface area contributed by atoms with Gasteiger partial charge in [-0.05, 0) is 58.0 Å². The van der Waals surface area contributed by atoms with Gasteiger partial charge in [0.25, 0.3) is 0 Å². The molecule has 1 nitrogen and oxygen atoms in total. The van der Waals surface area contributed by atoms with E-state index in [4.69, 9.17) is 16.3 Å². The van der Waals surface area contributed by atoms with Gasteiger partial charge in [-0.1, -0.05) is 39.7 Å². The molecule has 19 heavy (non-hydrogen) atoms. The van der Waals surface area contributed by atoms with E-state index >= 15 is 0 Å². The predicted molar refractivity (Wildman–Crippen MR) is 87.9 cm³/mol. The van der Waals surface area contributed by atoms with E-state index in [0.717, 1.165) is 14.7 Å². The van der Waals surface area contributed by atoms with Crippen molar-refractivity contribution in [1.82, 2.24) is 0 Å². The third-order valence-electron chi connectivity index (χ3n) is 2.70. The maximum Gasteiger partial charge on any atom is 0.137 e. The minimum atomic E-state index is -0.236. The lowest BCUT2D eigenvalue weighted by molar-refractivity contribution is 0.415. The van der Waals surface area contributed by atoms with E-state index in [-0.39, 0.29) is 10.6 Å². The van der Waals surface area contributed by atoms with Crippen molar-refractivity contribution in [2.45, 2.75) is 4.83 Å². The highest BCUT2D eigenvalue weighted by Gasteiger charge is 2.15. The van der Waals surface area contributed by atoms with Gasteiger partial charge >= 0.3 is 0 Å². The minimum absolute atomic E-state index is 0.0385. The molecule has 0 heterocycles. The molecule has 1 unspecified atom stereocenters. The van der Waals surface area contributed by atoms with Crippen LogP contribution in [0.1, 0.15) is 16.0 Å². The van der Waals surface area contributed by atoms with E-state index in [1.54, 1.807) is 13.2 Å². The molecule has 0 aliphatic carbocycles. The molecule has 100 valence electrons. The lowest BCUT2D eigenvalue weighted by Gasteiger charge is -2.14. The molecule has 0 aliphatic heterocycles. The second kappa shape index (κ2) is 6.41. The summed E-state index contributed by atoms with van der Waals surface area (Å²) in [6.07, 6.45) is 0. The number of halogens is 4. The third kappa shape index (κ3) is 3.41. The minimum Gasteiger partial charge on any atom is -0.495 e. The molecule has 1 atom stereocenters. The molecule has 0 aliphatic rings. The third-order valence-corrected chi connectivity index (χ3v) is 4.96. The molecule has 2 rings (SSSR count). The standard InChI is InChI=1S/C14H10BrClFIO/c1-19-13-5-2-8(6-11(13)16)14(15)10-4-3-9(17)7-12(10)18/h2-7,14H,1H3. The molecule has 0 saturated carbocycles. The zero-order valence-electron chi connectivity index (χ0n) is 9.96. The van der Waals surface area contributed by atoms with Crippen LogP contribution in [0.25, 0.3) is 0 Å². The molecule has 0 N–H and O–H groups in total. The number of hydrogen-bond acceptors (Lipinski definition) is 1. The highest BCUT2D eigenvalue weighted by molar-refractivity contribution is 14.1. The van der Waals surface area contributed by atoms with Crippen LogP contribution in [0.4, 0.5) is 4.39 Å². The van der Waals surface area contributed by atoms with E-state index in [9.17, 15) is 4.39 Å². The van der Waals surface area contributed by atoms with Crippen LogP contribution in [0.3, 0.4) is 0 Å². The van der Waals surface area contributed by atoms with Crippen LogP contribution in [0, 0.1) is 9.39 Å².